The lowest BCUT2D eigenvalue weighted by atomic mass is 9.94. The maximum absolute atomic E-state index is 12.6. The first kappa shape index (κ1) is 22.4. The Morgan fingerprint density at radius 2 is 2.00 bits per heavy atom. The molecule has 0 aliphatic heterocycles. The zero-order valence-electron chi connectivity index (χ0n) is 15.5. The van der Waals surface area contributed by atoms with Crippen LogP contribution in [-0.2, 0) is 6.42 Å². The number of hydrogen-bond donors (Lipinski definition) is 2. The monoisotopic (exact) mass is 399 g/mol. The smallest absolute Gasteiger partial charge is 0.273 e. The van der Waals surface area contributed by atoms with Crippen molar-refractivity contribution in [3.05, 3.63) is 40.7 Å². The third kappa shape index (κ3) is 5.19. The van der Waals surface area contributed by atoms with E-state index in [0.29, 0.717) is 23.7 Å². The molecule has 0 fully saturated rings. The van der Waals surface area contributed by atoms with E-state index in [1.807, 2.05) is 26.0 Å². The van der Waals surface area contributed by atoms with Crippen molar-refractivity contribution in [3.63, 3.8) is 0 Å². The molecule has 0 radical (unpaired) electrons. The number of halogens is 2. The van der Waals surface area contributed by atoms with E-state index in [4.69, 9.17) is 17.3 Å². The molecule has 1 heterocycles. The third-order valence-electron chi connectivity index (χ3n) is 4.53. The van der Waals surface area contributed by atoms with Crippen LogP contribution in [0.4, 0.5) is 0 Å². The second-order valence-electron chi connectivity index (χ2n) is 6.28. The van der Waals surface area contributed by atoms with Gasteiger partial charge in [-0.1, -0.05) is 50.1 Å². The highest BCUT2D eigenvalue weighted by Gasteiger charge is 2.24. The standard InChI is InChI=1S/C18H26ClN5O.ClH/c1-4-8-15-16(17(25)21-12-18(20,5-2)6-3)22-23-24(15)14-10-7-9-13(19)11-14;/h7,9-11H,4-6,8,12,20H2,1-3H3,(H,21,25);1H. The van der Waals surface area contributed by atoms with Gasteiger partial charge in [0, 0.05) is 17.1 Å². The molecule has 2 aromatic rings. The van der Waals surface area contributed by atoms with Crippen LogP contribution in [-0.4, -0.2) is 33.0 Å². The number of aromatic nitrogens is 3. The lowest BCUT2D eigenvalue weighted by molar-refractivity contribution is 0.0936. The van der Waals surface area contributed by atoms with Gasteiger partial charge < -0.3 is 11.1 Å². The van der Waals surface area contributed by atoms with Crippen LogP contribution >= 0.6 is 24.0 Å². The average Bonchev–Trinajstić information content (AvgIpc) is 3.03. The van der Waals surface area contributed by atoms with Gasteiger partial charge in [0.25, 0.3) is 5.91 Å². The van der Waals surface area contributed by atoms with Crippen LogP contribution in [0.2, 0.25) is 5.02 Å². The minimum Gasteiger partial charge on any atom is -0.349 e. The molecule has 0 bridgehead atoms. The molecule has 6 nitrogen and oxygen atoms in total. The number of hydrogen-bond acceptors (Lipinski definition) is 4. The third-order valence-corrected chi connectivity index (χ3v) is 4.76. The van der Waals surface area contributed by atoms with Crippen molar-refractivity contribution >= 4 is 29.9 Å². The first-order valence-corrected chi connectivity index (χ1v) is 9.09. The normalized spacial score (nSPS) is 11.1. The first-order chi connectivity index (χ1) is 11.9. The minimum atomic E-state index is -0.399. The summed E-state index contributed by atoms with van der Waals surface area (Å²) in [5.41, 5.74) is 7.77. The predicted molar refractivity (Wildman–Crippen MR) is 107 cm³/mol. The molecule has 0 aliphatic rings. The van der Waals surface area contributed by atoms with E-state index < -0.39 is 5.54 Å². The van der Waals surface area contributed by atoms with Gasteiger partial charge in [0.05, 0.1) is 11.4 Å². The van der Waals surface area contributed by atoms with Gasteiger partial charge >= 0.3 is 0 Å². The van der Waals surface area contributed by atoms with E-state index in [1.54, 1.807) is 16.8 Å². The van der Waals surface area contributed by atoms with Crippen molar-refractivity contribution in [1.29, 1.82) is 0 Å². The van der Waals surface area contributed by atoms with Crippen LogP contribution in [0.25, 0.3) is 5.69 Å². The highest BCUT2D eigenvalue weighted by molar-refractivity contribution is 6.30. The molecule has 1 aromatic carbocycles. The Morgan fingerprint density at radius 1 is 1.31 bits per heavy atom. The van der Waals surface area contributed by atoms with Gasteiger partial charge in [-0.2, -0.15) is 0 Å². The summed E-state index contributed by atoms with van der Waals surface area (Å²) in [6, 6.07) is 7.34. The molecule has 1 aromatic heterocycles. The van der Waals surface area contributed by atoms with Crippen molar-refractivity contribution in [2.45, 2.75) is 52.0 Å². The molecule has 0 atom stereocenters. The van der Waals surface area contributed by atoms with Crippen molar-refractivity contribution < 1.29 is 4.79 Å². The number of benzene rings is 1. The summed E-state index contributed by atoms with van der Waals surface area (Å²) < 4.78 is 1.68. The molecule has 0 unspecified atom stereocenters. The van der Waals surface area contributed by atoms with E-state index >= 15 is 0 Å². The van der Waals surface area contributed by atoms with Crippen LogP contribution < -0.4 is 11.1 Å². The molecular weight excluding hydrogens is 373 g/mol. The summed E-state index contributed by atoms with van der Waals surface area (Å²) in [6.07, 6.45) is 3.15. The molecule has 8 heteroatoms. The summed E-state index contributed by atoms with van der Waals surface area (Å²) >= 11 is 6.07. The predicted octanol–water partition coefficient (Wildman–Crippen LogP) is 3.54. The van der Waals surface area contributed by atoms with E-state index in [-0.39, 0.29) is 18.3 Å². The summed E-state index contributed by atoms with van der Waals surface area (Å²) in [7, 11) is 0. The fourth-order valence-corrected chi connectivity index (χ4v) is 2.78. The highest BCUT2D eigenvalue weighted by atomic mass is 35.5. The molecule has 1 amide bonds. The van der Waals surface area contributed by atoms with Crippen molar-refractivity contribution in [2.24, 2.45) is 5.73 Å². The molecule has 0 saturated heterocycles. The van der Waals surface area contributed by atoms with Crippen molar-refractivity contribution in [2.75, 3.05) is 6.54 Å². The minimum absolute atomic E-state index is 0. The first-order valence-electron chi connectivity index (χ1n) is 8.71. The Labute approximate surface area is 165 Å². The Kier molecular flexibility index (Phi) is 8.53. The van der Waals surface area contributed by atoms with Gasteiger partial charge in [-0.15, -0.1) is 17.5 Å². The maximum atomic E-state index is 12.6. The SMILES string of the molecule is CCCc1c(C(=O)NCC(N)(CC)CC)nnn1-c1cccc(Cl)c1.Cl. The fraction of sp³-hybridized carbons (Fsp3) is 0.500. The summed E-state index contributed by atoms with van der Waals surface area (Å²) in [5.74, 6) is -0.242. The molecule has 0 saturated carbocycles. The number of rotatable bonds is 8. The number of nitrogens with two attached hydrogens (primary N) is 1. The largest absolute Gasteiger partial charge is 0.349 e. The average molecular weight is 400 g/mol. The topological polar surface area (TPSA) is 85.8 Å². The molecule has 0 aliphatic carbocycles. The Morgan fingerprint density at radius 3 is 2.58 bits per heavy atom. The van der Waals surface area contributed by atoms with E-state index in [2.05, 4.69) is 22.6 Å². The Bertz CT molecular complexity index is 728. The van der Waals surface area contributed by atoms with Crippen LogP contribution in [0.5, 0.6) is 0 Å². The van der Waals surface area contributed by atoms with E-state index in [9.17, 15) is 4.79 Å². The number of carbonyl (C=O) groups excluding carboxylic acids is 1. The molecular formula is C18H27Cl2N5O. The number of carbonyl (C=O) groups is 1. The van der Waals surface area contributed by atoms with E-state index in [0.717, 1.165) is 30.6 Å². The van der Waals surface area contributed by atoms with Gasteiger partial charge in [-0.05, 0) is 37.5 Å². The Hall–Kier alpha value is -1.63. The second kappa shape index (κ2) is 9.90. The molecule has 144 valence electrons. The summed E-state index contributed by atoms with van der Waals surface area (Å²) in [6.45, 7) is 6.51. The number of nitrogens with zero attached hydrogens (tertiary/aromatic N) is 3. The lowest BCUT2D eigenvalue weighted by Gasteiger charge is -2.26. The molecule has 26 heavy (non-hydrogen) atoms. The zero-order chi connectivity index (χ0) is 18.4. The zero-order valence-corrected chi connectivity index (χ0v) is 17.0. The van der Waals surface area contributed by atoms with Crippen LogP contribution in [0.3, 0.4) is 0 Å². The van der Waals surface area contributed by atoms with Gasteiger partial charge in [-0.3, -0.25) is 4.79 Å². The Balaban J connectivity index is 0.00000338. The van der Waals surface area contributed by atoms with E-state index in [1.165, 1.54) is 0 Å². The molecule has 3 N–H and O–H groups in total. The van der Waals surface area contributed by atoms with Gasteiger partial charge in [0.15, 0.2) is 5.69 Å². The van der Waals surface area contributed by atoms with Crippen LogP contribution in [0.1, 0.15) is 56.2 Å². The van der Waals surface area contributed by atoms with Crippen LogP contribution in [0, 0.1) is 0 Å². The van der Waals surface area contributed by atoms with Gasteiger partial charge in [-0.25, -0.2) is 4.68 Å². The molecule has 2 rings (SSSR count). The quantitative estimate of drug-likeness (QED) is 0.710. The number of amides is 1. The highest BCUT2D eigenvalue weighted by Crippen LogP contribution is 2.19. The maximum Gasteiger partial charge on any atom is 0.273 e. The lowest BCUT2D eigenvalue weighted by Crippen LogP contribution is -2.49. The van der Waals surface area contributed by atoms with Crippen LogP contribution in [0.15, 0.2) is 24.3 Å². The number of nitrogens with one attached hydrogen (secondary N) is 1. The summed E-state index contributed by atoms with van der Waals surface area (Å²) in [5, 5.41) is 11.8. The van der Waals surface area contributed by atoms with Crippen molar-refractivity contribution in [3.8, 4) is 5.69 Å². The van der Waals surface area contributed by atoms with Gasteiger partial charge in [0.2, 0.25) is 0 Å². The summed E-state index contributed by atoms with van der Waals surface area (Å²) in [4.78, 5) is 12.6. The van der Waals surface area contributed by atoms with Crippen molar-refractivity contribution in [1.82, 2.24) is 20.3 Å². The molecule has 0 spiro atoms. The second-order valence-corrected chi connectivity index (χ2v) is 6.72. The fourth-order valence-electron chi connectivity index (χ4n) is 2.59. The van der Waals surface area contributed by atoms with Gasteiger partial charge in [0.1, 0.15) is 0 Å².